The van der Waals surface area contributed by atoms with Crippen LogP contribution in [0.5, 0.6) is 0 Å². The SMILES string of the molecule is Fc1ccc(C(Cn2ccnc2)SCc2ccc(Cl)cc2)c(F)c1. The van der Waals surface area contributed by atoms with Gasteiger partial charge in [0.05, 0.1) is 11.6 Å². The van der Waals surface area contributed by atoms with Crippen molar-refractivity contribution in [3.05, 3.63) is 89.0 Å². The van der Waals surface area contributed by atoms with Crippen LogP contribution in [-0.2, 0) is 12.3 Å². The van der Waals surface area contributed by atoms with Crippen LogP contribution >= 0.6 is 23.4 Å². The number of hydrogen-bond acceptors (Lipinski definition) is 2. The molecule has 0 saturated heterocycles. The molecule has 0 amide bonds. The summed E-state index contributed by atoms with van der Waals surface area (Å²) in [7, 11) is 0. The highest BCUT2D eigenvalue weighted by Crippen LogP contribution is 2.35. The minimum atomic E-state index is -0.569. The first kappa shape index (κ1) is 17.0. The largest absolute Gasteiger partial charge is 0.336 e. The van der Waals surface area contributed by atoms with Crippen LogP contribution in [0.1, 0.15) is 16.4 Å². The molecule has 6 heteroatoms. The molecule has 0 aliphatic heterocycles. The summed E-state index contributed by atoms with van der Waals surface area (Å²) in [6.07, 6.45) is 5.20. The Labute approximate surface area is 148 Å². The normalized spacial score (nSPS) is 12.3. The number of aromatic nitrogens is 2. The second-order valence-corrected chi connectivity index (χ2v) is 6.98. The van der Waals surface area contributed by atoms with E-state index in [1.807, 2.05) is 35.0 Å². The molecule has 0 aliphatic rings. The first-order valence-electron chi connectivity index (χ1n) is 7.38. The van der Waals surface area contributed by atoms with Crippen molar-refractivity contribution in [2.45, 2.75) is 17.5 Å². The summed E-state index contributed by atoms with van der Waals surface area (Å²) in [6, 6.07) is 11.3. The molecule has 24 heavy (non-hydrogen) atoms. The van der Waals surface area contributed by atoms with E-state index < -0.39 is 11.6 Å². The van der Waals surface area contributed by atoms with Gasteiger partial charge in [-0.1, -0.05) is 29.8 Å². The minimum Gasteiger partial charge on any atom is -0.336 e. The lowest BCUT2D eigenvalue weighted by Crippen LogP contribution is -2.07. The van der Waals surface area contributed by atoms with Gasteiger partial charge in [-0.15, -0.1) is 11.8 Å². The van der Waals surface area contributed by atoms with Gasteiger partial charge >= 0.3 is 0 Å². The van der Waals surface area contributed by atoms with Crippen molar-refractivity contribution in [2.75, 3.05) is 0 Å². The molecule has 0 N–H and O–H groups in total. The lowest BCUT2D eigenvalue weighted by molar-refractivity contribution is 0.561. The monoisotopic (exact) mass is 364 g/mol. The molecule has 0 bridgehead atoms. The average Bonchev–Trinajstić information content (AvgIpc) is 3.06. The summed E-state index contributed by atoms with van der Waals surface area (Å²) in [6.45, 7) is 0.556. The molecule has 0 saturated carbocycles. The number of thioether (sulfide) groups is 1. The molecule has 124 valence electrons. The number of rotatable bonds is 6. The fourth-order valence-corrected chi connectivity index (χ4v) is 3.73. The molecule has 3 rings (SSSR count). The zero-order valence-electron chi connectivity index (χ0n) is 12.7. The van der Waals surface area contributed by atoms with E-state index in [-0.39, 0.29) is 5.25 Å². The Kier molecular flexibility index (Phi) is 5.53. The Hall–Kier alpha value is -1.85. The molecule has 1 atom stereocenters. The Balaban J connectivity index is 1.80. The molecule has 0 radical (unpaired) electrons. The summed E-state index contributed by atoms with van der Waals surface area (Å²) in [5, 5.41) is 0.527. The fourth-order valence-electron chi connectivity index (χ4n) is 2.37. The van der Waals surface area contributed by atoms with Gasteiger partial charge < -0.3 is 4.57 Å². The molecule has 1 heterocycles. The summed E-state index contributed by atoms with van der Waals surface area (Å²) >= 11 is 7.50. The van der Waals surface area contributed by atoms with E-state index in [1.54, 1.807) is 24.3 Å². The third-order valence-corrected chi connectivity index (χ3v) is 5.17. The number of nitrogens with zero attached hydrogens (tertiary/aromatic N) is 2. The highest BCUT2D eigenvalue weighted by Gasteiger charge is 2.18. The van der Waals surface area contributed by atoms with Crippen LogP contribution in [-0.4, -0.2) is 9.55 Å². The van der Waals surface area contributed by atoms with Gasteiger partial charge in [-0.25, -0.2) is 13.8 Å². The second kappa shape index (κ2) is 7.81. The molecule has 0 fully saturated rings. The predicted molar refractivity (Wildman–Crippen MR) is 94.1 cm³/mol. The van der Waals surface area contributed by atoms with Crippen molar-refractivity contribution in [3.8, 4) is 0 Å². The standard InChI is InChI=1S/C18H15ClF2N2S/c19-14-3-1-13(2-4-14)11-24-18(10-23-8-7-22-12-23)16-6-5-15(20)9-17(16)21/h1-9,12,18H,10-11H2. The summed E-state index contributed by atoms with van der Waals surface area (Å²) < 4.78 is 29.3. The first-order chi connectivity index (χ1) is 11.6. The van der Waals surface area contributed by atoms with Crippen LogP contribution in [0.25, 0.3) is 0 Å². The van der Waals surface area contributed by atoms with Gasteiger partial charge in [0.1, 0.15) is 11.6 Å². The van der Waals surface area contributed by atoms with Crippen LogP contribution < -0.4 is 0 Å². The van der Waals surface area contributed by atoms with E-state index in [0.717, 1.165) is 11.6 Å². The Morgan fingerprint density at radius 3 is 2.58 bits per heavy atom. The molecule has 1 unspecified atom stereocenters. The molecule has 0 spiro atoms. The molecular weight excluding hydrogens is 350 g/mol. The van der Waals surface area contributed by atoms with E-state index in [4.69, 9.17) is 11.6 Å². The van der Waals surface area contributed by atoms with Crippen LogP contribution in [0.4, 0.5) is 8.78 Å². The third kappa shape index (κ3) is 4.36. The predicted octanol–water partition coefficient (Wildman–Crippen LogP) is 5.49. The molecule has 2 nitrogen and oxygen atoms in total. The van der Waals surface area contributed by atoms with Crippen molar-refractivity contribution in [1.29, 1.82) is 0 Å². The highest BCUT2D eigenvalue weighted by molar-refractivity contribution is 7.98. The van der Waals surface area contributed by atoms with Crippen molar-refractivity contribution < 1.29 is 8.78 Å². The van der Waals surface area contributed by atoms with Gasteiger partial charge in [-0.2, -0.15) is 0 Å². The summed E-state index contributed by atoms with van der Waals surface area (Å²) in [5.74, 6) is -0.392. The van der Waals surface area contributed by atoms with Gasteiger partial charge in [0.15, 0.2) is 0 Å². The van der Waals surface area contributed by atoms with E-state index in [1.165, 1.54) is 12.1 Å². The zero-order chi connectivity index (χ0) is 16.9. The second-order valence-electron chi connectivity index (χ2n) is 5.35. The average molecular weight is 365 g/mol. The van der Waals surface area contributed by atoms with Gasteiger partial charge in [-0.05, 0) is 23.8 Å². The fraction of sp³-hybridized carbons (Fsp3) is 0.167. The topological polar surface area (TPSA) is 17.8 Å². The van der Waals surface area contributed by atoms with Gasteiger partial charge in [0.2, 0.25) is 0 Å². The molecule has 1 aromatic heterocycles. The summed E-state index contributed by atoms with van der Waals surface area (Å²) in [4.78, 5) is 4.02. The minimum absolute atomic E-state index is 0.157. The maximum atomic E-state index is 14.2. The van der Waals surface area contributed by atoms with Crippen LogP contribution in [0.3, 0.4) is 0 Å². The highest BCUT2D eigenvalue weighted by atomic mass is 35.5. The van der Waals surface area contributed by atoms with Gasteiger partial charge in [0.25, 0.3) is 0 Å². The maximum Gasteiger partial charge on any atom is 0.130 e. The van der Waals surface area contributed by atoms with Crippen LogP contribution in [0.2, 0.25) is 5.02 Å². The number of benzene rings is 2. The molecular formula is C18H15ClF2N2S. The van der Waals surface area contributed by atoms with E-state index in [2.05, 4.69) is 4.98 Å². The number of imidazole rings is 1. The Morgan fingerprint density at radius 2 is 1.92 bits per heavy atom. The molecule has 3 aromatic rings. The van der Waals surface area contributed by atoms with E-state index in [0.29, 0.717) is 22.9 Å². The quantitative estimate of drug-likeness (QED) is 0.575. The zero-order valence-corrected chi connectivity index (χ0v) is 14.3. The Bertz CT molecular complexity index is 791. The van der Waals surface area contributed by atoms with Crippen LogP contribution in [0, 0.1) is 11.6 Å². The van der Waals surface area contributed by atoms with Gasteiger partial charge in [0, 0.05) is 41.3 Å². The van der Waals surface area contributed by atoms with Crippen molar-refractivity contribution >= 4 is 23.4 Å². The summed E-state index contributed by atoms with van der Waals surface area (Å²) in [5.41, 5.74) is 1.59. The van der Waals surface area contributed by atoms with Gasteiger partial charge in [-0.3, -0.25) is 0 Å². The molecule has 2 aromatic carbocycles. The van der Waals surface area contributed by atoms with Crippen molar-refractivity contribution in [2.24, 2.45) is 0 Å². The smallest absolute Gasteiger partial charge is 0.130 e. The van der Waals surface area contributed by atoms with Crippen LogP contribution in [0.15, 0.2) is 61.2 Å². The number of hydrogen-bond donors (Lipinski definition) is 0. The lowest BCUT2D eigenvalue weighted by atomic mass is 10.1. The van der Waals surface area contributed by atoms with E-state index in [9.17, 15) is 8.78 Å². The molecule has 0 aliphatic carbocycles. The lowest BCUT2D eigenvalue weighted by Gasteiger charge is -2.18. The van der Waals surface area contributed by atoms with E-state index >= 15 is 0 Å². The first-order valence-corrected chi connectivity index (χ1v) is 8.81. The third-order valence-electron chi connectivity index (χ3n) is 3.61. The maximum absolute atomic E-state index is 14.2. The Morgan fingerprint density at radius 1 is 1.12 bits per heavy atom. The van der Waals surface area contributed by atoms with Crippen molar-refractivity contribution in [1.82, 2.24) is 9.55 Å². The number of halogens is 3. The van der Waals surface area contributed by atoms with Crippen molar-refractivity contribution in [3.63, 3.8) is 0 Å².